The fraction of sp³-hybridized carbons (Fsp3) is 0.562. The number of hydrogen-bond acceptors (Lipinski definition) is 4. The van der Waals surface area contributed by atoms with Crippen LogP contribution in [0.2, 0.25) is 0 Å². The van der Waals surface area contributed by atoms with Crippen molar-refractivity contribution in [2.45, 2.75) is 38.5 Å². The summed E-state index contributed by atoms with van der Waals surface area (Å²) in [4.78, 5) is 12.3. The van der Waals surface area contributed by atoms with E-state index in [-0.39, 0.29) is 17.1 Å². The molecule has 21 heavy (non-hydrogen) atoms. The Morgan fingerprint density at radius 3 is 2.71 bits per heavy atom. The van der Waals surface area contributed by atoms with Gasteiger partial charge in [0.1, 0.15) is 11.5 Å². The number of ether oxygens (including phenoxy) is 1. The molecule has 1 saturated carbocycles. The summed E-state index contributed by atoms with van der Waals surface area (Å²) >= 11 is 0. The van der Waals surface area contributed by atoms with E-state index in [1.165, 1.54) is 12.5 Å². The van der Waals surface area contributed by atoms with Crippen molar-refractivity contribution in [2.75, 3.05) is 19.0 Å². The van der Waals surface area contributed by atoms with Gasteiger partial charge in [-0.3, -0.25) is 4.79 Å². The molecule has 5 nitrogen and oxygen atoms in total. The van der Waals surface area contributed by atoms with Gasteiger partial charge in [-0.15, -0.1) is 0 Å². The third kappa shape index (κ3) is 3.88. The second kappa shape index (κ2) is 6.80. The van der Waals surface area contributed by atoms with Gasteiger partial charge in [-0.25, -0.2) is 0 Å². The standard InChI is InChI=1S/C16H24N2O3/c1-21-12-5-6-14(19)13(9-12)18-15(20)10-16(11-17)7-3-2-4-8-16/h5-6,9,19H,2-4,7-8,10-11,17H2,1H3,(H,18,20). The van der Waals surface area contributed by atoms with E-state index < -0.39 is 0 Å². The van der Waals surface area contributed by atoms with Crippen molar-refractivity contribution in [3.8, 4) is 11.5 Å². The second-order valence-corrected chi connectivity index (χ2v) is 5.87. The molecule has 5 heteroatoms. The number of anilines is 1. The highest BCUT2D eigenvalue weighted by molar-refractivity contribution is 5.92. The van der Waals surface area contributed by atoms with Crippen molar-refractivity contribution in [3.05, 3.63) is 18.2 Å². The Kier molecular flexibility index (Phi) is 5.07. The van der Waals surface area contributed by atoms with E-state index in [0.717, 1.165) is 25.7 Å². The molecule has 1 fully saturated rings. The smallest absolute Gasteiger partial charge is 0.225 e. The molecule has 1 aromatic carbocycles. The molecule has 0 spiro atoms. The summed E-state index contributed by atoms with van der Waals surface area (Å²) in [5, 5.41) is 12.6. The number of nitrogens with one attached hydrogen (secondary N) is 1. The van der Waals surface area contributed by atoms with Gasteiger partial charge in [0.2, 0.25) is 5.91 Å². The molecule has 0 aliphatic heterocycles. The molecule has 0 aromatic heterocycles. The number of phenolic OH excluding ortho intramolecular Hbond substituents is 1. The fourth-order valence-corrected chi connectivity index (χ4v) is 3.03. The van der Waals surface area contributed by atoms with Gasteiger partial charge in [0.25, 0.3) is 0 Å². The van der Waals surface area contributed by atoms with Crippen molar-refractivity contribution in [3.63, 3.8) is 0 Å². The third-order valence-electron chi connectivity index (χ3n) is 4.36. The largest absolute Gasteiger partial charge is 0.506 e. The second-order valence-electron chi connectivity index (χ2n) is 5.87. The lowest BCUT2D eigenvalue weighted by Crippen LogP contribution is -2.36. The Morgan fingerprint density at radius 2 is 2.10 bits per heavy atom. The first kappa shape index (κ1) is 15.6. The molecular formula is C16H24N2O3. The Balaban J connectivity index is 2.04. The summed E-state index contributed by atoms with van der Waals surface area (Å²) in [6.45, 7) is 0.532. The lowest BCUT2D eigenvalue weighted by molar-refractivity contribution is -0.118. The molecule has 1 amide bonds. The third-order valence-corrected chi connectivity index (χ3v) is 4.36. The van der Waals surface area contributed by atoms with Crippen molar-refractivity contribution in [1.29, 1.82) is 0 Å². The van der Waals surface area contributed by atoms with Crippen LogP contribution in [0, 0.1) is 5.41 Å². The van der Waals surface area contributed by atoms with Gasteiger partial charge >= 0.3 is 0 Å². The molecule has 1 aromatic rings. The van der Waals surface area contributed by atoms with Crippen LogP contribution in [-0.4, -0.2) is 24.7 Å². The molecule has 0 atom stereocenters. The lowest BCUT2D eigenvalue weighted by Gasteiger charge is -2.35. The molecule has 0 saturated heterocycles. The minimum Gasteiger partial charge on any atom is -0.506 e. The lowest BCUT2D eigenvalue weighted by atomic mass is 9.71. The number of hydrogen-bond donors (Lipinski definition) is 3. The van der Waals surface area contributed by atoms with Gasteiger partial charge in [-0.05, 0) is 36.9 Å². The van der Waals surface area contributed by atoms with Gasteiger partial charge in [0.15, 0.2) is 0 Å². The summed E-state index contributed by atoms with van der Waals surface area (Å²) < 4.78 is 5.10. The maximum Gasteiger partial charge on any atom is 0.225 e. The van der Waals surface area contributed by atoms with E-state index in [9.17, 15) is 9.90 Å². The predicted octanol–water partition coefficient (Wildman–Crippen LogP) is 2.64. The van der Waals surface area contributed by atoms with Crippen LogP contribution in [0.15, 0.2) is 18.2 Å². The topological polar surface area (TPSA) is 84.6 Å². The van der Waals surface area contributed by atoms with Crippen molar-refractivity contribution in [2.24, 2.45) is 11.1 Å². The molecule has 116 valence electrons. The van der Waals surface area contributed by atoms with Crippen molar-refractivity contribution >= 4 is 11.6 Å². The highest BCUT2D eigenvalue weighted by atomic mass is 16.5. The Labute approximate surface area is 125 Å². The number of phenols is 1. The number of carbonyl (C=O) groups excluding carboxylic acids is 1. The zero-order chi connectivity index (χ0) is 15.3. The summed E-state index contributed by atoms with van der Waals surface area (Å²) in [7, 11) is 1.55. The SMILES string of the molecule is COc1ccc(O)c(NC(=O)CC2(CN)CCCCC2)c1. The Morgan fingerprint density at radius 1 is 1.38 bits per heavy atom. The molecule has 4 N–H and O–H groups in total. The van der Waals surface area contributed by atoms with Crippen molar-refractivity contribution < 1.29 is 14.6 Å². The van der Waals surface area contributed by atoms with Crippen molar-refractivity contribution in [1.82, 2.24) is 0 Å². The van der Waals surface area contributed by atoms with Crippen LogP contribution in [-0.2, 0) is 4.79 Å². The molecule has 0 unspecified atom stereocenters. The van der Waals surface area contributed by atoms with Gasteiger partial charge in [0, 0.05) is 12.5 Å². The average molecular weight is 292 g/mol. The molecular weight excluding hydrogens is 268 g/mol. The van der Waals surface area contributed by atoms with E-state index in [1.54, 1.807) is 19.2 Å². The number of carbonyl (C=O) groups is 1. The minimum absolute atomic E-state index is 0.0367. The molecule has 0 radical (unpaired) electrons. The number of nitrogens with two attached hydrogens (primary N) is 1. The summed E-state index contributed by atoms with van der Waals surface area (Å²) in [5.41, 5.74) is 6.20. The number of methoxy groups -OCH3 is 1. The number of benzene rings is 1. The van der Waals surface area contributed by atoms with E-state index >= 15 is 0 Å². The zero-order valence-corrected chi connectivity index (χ0v) is 12.5. The maximum atomic E-state index is 12.3. The van der Waals surface area contributed by atoms with Gasteiger partial charge in [-0.1, -0.05) is 19.3 Å². The van der Waals surface area contributed by atoms with Gasteiger partial charge in [0.05, 0.1) is 12.8 Å². The normalized spacial score (nSPS) is 17.2. The first-order chi connectivity index (χ1) is 10.1. The average Bonchev–Trinajstić information content (AvgIpc) is 2.50. The fourth-order valence-electron chi connectivity index (χ4n) is 3.03. The molecule has 0 bridgehead atoms. The van der Waals surface area contributed by atoms with Gasteiger partial charge in [-0.2, -0.15) is 0 Å². The zero-order valence-electron chi connectivity index (χ0n) is 12.5. The number of aromatic hydroxyl groups is 1. The summed E-state index contributed by atoms with van der Waals surface area (Å²) in [5.74, 6) is 0.523. The van der Waals surface area contributed by atoms with Crippen LogP contribution in [0.25, 0.3) is 0 Å². The Bertz CT molecular complexity index is 496. The quantitative estimate of drug-likeness (QED) is 0.728. The van der Waals surface area contributed by atoms with Crippen LogP contribution < -0.4 is 15.8 Å². The number of rotatable bonds is 5. The first-order valence-electron chi connectivity index (χ1n) is 7.45. The molecule has 1 aliphatic carbocycles. The maximum absolute atomic E-state index is 12.3. The van der Waals surface area contributed by atoms with Crippen LogP contribution in [0.4, 0.5) is 5.69 Å². The van der Waals surface area contributed by atoms with E-state index in [4.69, 9.17) is 10.5 Å². The van der Waals surface area contributed by atoms with Crippen LogP contribution in [0.1, 0.15) is 38.5 Å². The number of amides is 1. The van der Waals surface area contributed by atoms with Gasteiger partial charge < -0.3 is 20.9 Å². The molecule has 2 rings (SSSR count). The molecule has 0 heterocycles. The molecule has 1 aliphatic rings. The minimum atomic E-state index is -0.106. The monoisotopic (exact) mass is 292 g/mol. The highest BCUT2D eigenvalue weighted by Crippen LogP contribution is 2.39. The first-order valence-corrected chi connectivity index (χ1v) is 7.45. The van der Waals surface area contributed by atoms with Crippen LogP contribution in [0.5, 0.6) is 11.5 Å². The summed E-state index contributed by atoms with van der Waals surface area (Å²) in [6, 6.07) is 4.77. The van der Waals surface area contributed by atoms with E-state index in [1.807, 2.05) is 0 Å². The predicted molar refractivity (Wildman–Crippen MR) is 82.5 cm³/mol. The van der Waals surface area contributed by atoms with E-state index in [2.05, 4.69) is 5.32 Å². The van der Waals surface area contributed by atoms with E-state index in [0.29, 0.717) is 24.4 Å². The Hall–Kier alpha value is -1.75. The summed E-state index contributed by atoms with van der Waals surface area (Å²) in [6.07, 6.45) is 5.89. The van der Waals surface area contributed by atoms with Crippen LogP contribution >= 0.6 is 0 Å². The van der Waals surface area contributed by atoms with Crippen LogP contribution in [0.3, 0.4) is 0 Å². The highest BCUT2D eigenvalue weighted by Gasteiger charge is 2.33.